The van der Waals surface area contributed by atoms with Crippen LogP contribution in [0.15, 0.2) is 0 Å². The maximum Gasteiger partial charge on any atom is 0.227 e. The number of rotatable bonds is 2. The number of hydrogen-bond acceptors (Lipinski definition) is 3. The van der Waals surface area contributed by atoms with Crippen LogP contribution >= 0.6 is 0 Å². The molecule has 0 aromatic carbocycles. The van der Waals surface area contributed by atoms with Crippen molar-refractivity contribution in [3.05, 3.63) is 0 Å². The summed E-state index contributed by atoms with van der Waals surface area (Å²) in [6.45, 7) is 6.37. The first-order valence-electron chi connectivity index (χ1n) is 7.58. The van der Waals surface area contributed by atoms with Gasteiger partial charge < -0.3 is 10.2 Å². The van der Waals surface area contributed by atoms with Gasteiger partial charge in [0.15, 0.2) is 0 Å². The zero-order valence-corrected chi connectivity index (χ0v) is 11.2. The van der Waals surface area contributed by atoms with Gasteiger partial charge in [-0.25, -0.2) is 0 Å². The molecular formula is C14H25N3O. The van der Waals surface area contributed by atoms with Crippen LogP contribution < -0.4 is 5.32 Å². The number of nitrogens with one attached hydrogen (secondary N) is 1. The van der Waals surface area contributed by atoms with Crippen molar-refractivity contribution >= 4 is 5.91 Å². The van der Waals surface area contributed by atoms with Gasteiger partial charge in [0.05, 0.1) is 5.92 Å². The topological polar surface area (TPSA) is 35.6 Å². The van der Waals surface area contributed by atoms with Crippen LogP contribution in [0.25, 0.3) is 0 Å². The maximum atomic E-state index is 12.3. The van der Waals surface area contributed by atoms with E-state index in [0.29, 0.717) is 11.9 Å². The second-order valence-electron chi connectivity index (χ2n) is 6.01. The standard InChI is InChI=1S/C14H25N3O/c18-14(12-4-6-15-10-12)17-9-5-13(11-17)16-7-2-1-3-8-16/h12-13,15H,1-11H2. The van der Waals surface area contributed by atoms with Crippen LogP contribution in [0.2, 0.25) is 0 Å². The first kappa shape index (κ1) is 12.4. The SMILES string of the molecule is O=C(C1CCNC1)N1CCC(N2CCCCC2)C1. The van der Waals surface area contributed by atoms with Gasteiger partial charge in [-0.2, -0.15) is 0 Å². The van der Waals surface area contributed by atoms with E-state index in [1.807, 2.05) is 0 Å². The van der Waals surface area contributed by atoms with Crippen molar-refractivity contribution in [1.29, 1.82) is 0 Å². The predicted octanol–water partition coefficient (Wildman–Crippen LogP) is 0.683. The fourth-order valence-corrected chi connectivity index (χ4v) is 3.65. The van der Waals surface area contributed by atoms with Gasteiger partial charge >= 0.3 is 0 Å². The molecule has 3 fully saturated rings. The lowest BCUT2D eigenvalue weighted by Crippen LogP contribution is -2.42. The molecule has 3 aliphatic heterocycles. The van der Waals surface area contributed by atoms with Crippen molar-refractivity contribution in [3.8, 4) is 0 Å². The molecule has 0 aliphatic carbocycles. The maximum absolute atomic E-state index is 12.3. The second kappa shape index (κ2) is 5.57. The highest BCUT2D eigenvalue weighted by Gasteiger charge is 2.34. The molecule has 0 saturated carbocycles. The van der Waals surface area contributed by atoms with Gasteiger partial charge in [0.25, 0.3) is 0 Å². The van der Waals surface area contributed by atoms with Crippen LogP contribution in [0.4, 0.5) is 0 Å². The molecule has 1 amide bonds. The van der Waals surface area contributed by atoms with Crippen molar-refractivity contribution in [2.75, 3.05) is 39.3 Å². The lowest BCUT2D eigenvalue weighted by atomic mass is 10.1. The summed E-state index contributed by atoms with van der Waals surface area (Å²) in [5.74, 6) is 0.657. The van der Waals surface area contributed by atoms with Crippen LogP contribution in [0.1, 0.15) is 32.1 Å². The highest BCUT2D eigenvalue weighted by atomic mass is 16.2. The molecule has 0 aromatic rings. The summed E-state index contributed by atoms with van der Waals surface area (Å²) in [6.07, 6.45) is 6.29. The van der Waals surface area contributed by atoms with Crippen molar-refractivity contribution in [1.82, 2.24) is 15.1 Å². The van der Waals surface area contributed by atoms with Crippen LogP contribution in [0.5, 0.6) is 0 Å². The number of likely N-dealkylation sites (tertiary alicyclic amines) is 2. The summed E-state index contributed by atoms with van der Waals surface area (Å²) in [5.41, 5.74) is 0. The molecule has 2 unspecified atom stereocenters. The second-order valence-corrected chi connectivity index (χ2v) is 6.01. The van der Waals surface area contributed by atoms with Crippen molar-refractivity contribution in [3.63, 3.8) is 0 Å². The lowest BCUT2D eigenvalue weighted by molar-refractivity contribution is -0.134. The van der Waals surface area contributed by atoms with Crippen LogP contribution in [0, 0.1) is 5.92 Å². The van der Waals surface area contributed by atoms with E-state index in [1.165, 1.54) is 38.8 Å². The highest BCUT2D eigenvalue weighted by molar-refractivity contribution is 5.79. The Balaban J connectivity index is 1.52. The molecule has 4 heteroatoms. The van der Waals surface area contributed by atoms with Crippen molar-refractivity contribution in [2.24, 2.45) is 5.92 Å². The fraction of sp³-hybridized carbons (Fsp3) is 0.929. The molecule has 1 N–H and O–H groups in total. The molecule has 18 heavy (non-hydrogen) atoms. The molecule has 3 rings (SSSR count). The van der Waals surface area contributed by atoms with E-state index in [4.69, 9.17) is 0 Å². The van der Waals surface area contributed by atoms with Gasteiger partial charge in [0.2, 0.25) is 5.91 Å². The van der Waals surface area contributed by atoms with Gasteiger partial charge in [0.1, 0.15) is 0 Å². The van der Waals surface area contributed by atoms with E-state index in [0.717, 1.165) is 32.6 Å². The zero-order valence-electron chi connectivity index (χ0n) is 11.2. The van der Waals surface area contributed by atoms with Crippen LogP contribution in [-0.2, 0) is 4.79 Å². The minimum absolute atomic E-state index is 0.255. The highest BCUT2D eigenvalue weighted by Crippen LogP contribution is 2.22. The average molecular weight is 251 g/mol. The fourth-order valence-electron chi connectivity index (χ4n) is 3.65. The Hall–Kier alpha value is -0.610. The van der Waals surface area contributed by atoms with E-state index in [9.17, 15) is 4.79 Å². The van der Waals surface area contributed by atoms with Crippen LogP contribution in [0.3, 0.4) is 0 Å². The van der Waals surface area contributed by atoms with Gasteiger partial charge in [-0.15, -0.1) is 0 Å². The van der Waals surface area contributed by atoms with E-state index < -0.39 is 0 Å². The normalized spacial score (nSPS) is 34.1. The molecule has 0 bridgehead atoms. The van der Waals surface area contributed by atoms with Crippen molar-refractivity contribution < 1.29 is 4.79 Å². The Morgan fingerprint density at radius 1 is 1.06 bits per heavy atom. The molecule has 4 nitrogen and oxygen atoms in total. The van der Waals surface area contributed by atoms with E-state index in [2.05, 4.69) is 15.1 Å². The summed E-state index contributed by atoms with van der Waals surface area (Å²) < 4.78 is 0. The molecule has 0 radical (unpaired) electrons. The number of nitrogens with zero attached hydrogens (tertiary/aromatic N) is 2. The van der Waals surface area contributed by atoms with E-state index >= 15 is 0 Å². The third-order valence-corrected chi connectivity index (χ3v) is 4.79. The third kappa shape index (κ3) is 2.54. The Morgan fingerprint density at radius 3 is 2.61 bits per heavy atom. The molecule has 102 valence electrons. The number of amides is 1. The van der Waals surface area contributed by atoms with Gasteiger partial charge in [0, 0.05) is 25.7 Å². The Kier molecular flexibility index (Phi) is 3.85. The van der Waals surface area contributed by atoms with Crippen LogP contribution in [-0.4, -0.2) is 61.0 Å². The first-order chi connectivity index (χ1) is 8.84. The van der Waals surface area contributed by atoms with Crippen molar-refractivity contribution in [2.45, 2.75) is 38.1 Å². The molecule has 3 aliphatic rings. The number of carbonyl (C=O) groups excluding carboxylic acids is 1. The monoisotopic (exact) mass is 251 g/mol. The average Bonchev–Trinajstić information content (AvgIpc) is 3.10. The summed E-state index contributed by atoms with van der Waals surface area (Å²) in [7, 11) is 0. The smallest absolute Gasteiger partial charge is 0.227 e. The Bertz CT molecular complexity index is 295. The van der Waals surface area contributed by atoms with E-state index in [1.54, 1.807) is 0 Å². The molecule has 3 saturated heterocycles. The largest absolute Gasteiger partial charge is 0.341 e. The summed E-state index contributed by atoms with van der Waals surface area (Å²) in [5, 5.41) is 3.29. The number of piperidine rings is 1. The number of hydrogen-bond donors (Lipinski definition) is 1. The molecule has 2 atom stereocenters. The summed E-state index contributed by atoms with van der Waals surface area (Å²) >= 11 is 0. The lowest BCUT2D eigenvalue weighted by Gasteiger charge is -2.32. The summed E-state index contributed by atoms with van der Waals surface area (Å²) in [4.78, 5) is 17.1. The Morgan fingerprint density at radius 2 is 1.89 bits per heavy atom. The molecule has 3 heterocycles. The predicted molar refractivity (Wildman–Crippen MR) is 71.4 cm³/mol. The Labute approximate surface area is 110 Å². The zero-order chi connectivity index (χ0) is 12.4. The van der Waals surface area contributed by atoms with E-state index in [-0.39, 0.29) is 5.92 Å². The van der Waals surface area contributed by atoms with Gasteiger partial charge in [-0.05, 0) is 45.3 Å². The third-order valence-electron chi connectivity index (χ3n) is 4.79. The minimum Gasteiger partial charge on any atom is -0.341 e. The minimum atomic E-state index is 0.255. The molecular weight excluding hydrogens is 226 g/mol. The van der Waals surface area contributed by atoms with Gasteiger partial charge in [-0.3, -0.25) is 9.69 Å². The van der Waals surface area contributed by atoms with Gasteiger partial charge in [-0.1, -0.05) is 6.42 Å². The number of carbonyl (C=O) groups is 1. The molecule has 0 spiro atoms. The molecule has 0 aromatic heterocycles. The first-order valence-corrected chi connectivity index (χ1v) is 7.58. The quantitative estimate of drug-likeness (QED) is 0.784. The summed E-state index contributed by atoms with van der Waals surface area (Å²) in [6, 6.07) is 0.642.